The summed E-state index contributed by atoms with van der Waals surface area (Å²) in [7, 11) is 0. The van der Waals surface area contributed by atoms with Crippen LogP contribution in [0.4, 0.5) is 0 Å². The first-order valence-electron chi connectivity index (χ1n) is 5.26. The molecule has 0 saturated carbocycles. The van der Waals surface area contributed by atoms with Gasteiger partial charge in [-0.25, -0.2) is 0 Å². The molecule has 1 N–H and O–H groups in total. The summed E-state index contributed by atoms with van der Waals surface area (Å²) in [4.78, 5) is 0. The molecule has 2 unspecified atom stereocenters. The number of hydrogen-bond donors (Lipinski definition) is 1. The molecule has 15 heavy (non-hydrogen) atoms. The van der Waals surface area contributed by atoms with Crippen LogP contribution in [-0.2, 0) is 6.54 Å². The molecule has 76 valence electrons. The summed E-state index contributed by atoms with van der Waals surface area (Å²) >= 11 is 0. The maximum absolute atomic E-state index is 5.96. The van der Waals surface area contributed by atoms with Crippen molar-refractivity contribution in [3.8, 4) is 5.75 Å². The number of fused-ring (bicyclic) bond motifs is 2. The molecule has 3 rings (SSSR count). The van der Waals surface area contributed by atoms with Gasteiger partial charge in [-0.05, 0) is 12.1 Å². The highest BCUT2D eigenvalue weighted by Crippen LogP contribution is 2.24. The quantitative estimate of drug-likeness (QED) is 0.690. The fraction of sp³-hybridized carbons (Fsp3) is 0.231. The summed E-state index contributed by atoms with van der Waals surface area (Å²) in [5.41, 5.74) is 1.23. The zero-order valence-electron chi connectivity index (χ0n) is 8.39. The summed E-state index contributed by atoms with van der Waals surface area (Å²) in [6.45, 7) is 0.871. The second-order valence-corrected chi connectivity index (χ2v) is 3.87. The SMILES string of the molecule is C1=CC2NCc3ccccc3OC2C=C1. The minimum atomic E-state index is 0.124. The third kappa shape index (κ3) is 1.57. The minimum absolute atomic E-state index is 0.124. The Kier molecular flexibility index (Phi) is 2.07. The molecule has 0 amide bonds. The van der Waals surface area contributed by atoms with Crippen LogP contribution in [-0.4, -0.2) is 12.1 Å². The Hall–Kier alpha value is -1.54. The van der Waals surface area contributed by atoms with Gasteiger partial charge >= 0.3 is 0 Å². The van der Waals surface area contributed by atoms with E-state index < -0.39 is 0 Å². The molecule has 1 aliphatic carbocycles. The number of nitrogens with one attached hydrogen (secondary N) is 1. The smallest absolute Gasteiger partial charge is 0.136 e. The van der Waals surface area contributed by atoms with Crippen LogP contribution in [0, 0.1) is 0 Å². The number of benzene rings is 1. The molecular formula is C13H13NO. The topological polar surface area (TPSA) is 21.3 Å². The normalized spacial score (nSPS) is 27.5. The zero-order chi connectivity index (χ0) is 10.1. The van der Waals surface area contributed by atoms with E-state index in [2.05, 4.69) is 29.6 Å². The summed E-state index contributed by atoms with van der Waals surface area (Å²) in [6.07, 6.45) is 8.47. The van der Waals surface area contributed by atoms with Crippen molar-refractivity contribution >= 4 is 0 Å². The Labute approximate surface area is 89.3 Å². The molecular weight excluding hydrogens is 186 g/mol. The van der Waals surface area contributed by atoms with Crippen LogP contribution in [0.5, 0.6) is 5.75 Å². The number of hydrogen-bond acceptors (Lipinski definition) is 2. The molecule has 2 heteroatoms. The molecule has 1 aromatic rings. The molecule has 1 aliphatic heterocycles. The molecule has 2 atom stereocenters. The van der Waals surface area contributed by atoms with E-state index in [1.54, 1.807) is 0 Å². The van der Waals surface area contributed by atoms with E-state index in [0.29, 0.717) is 6.04 Å². The summed E-state index contributed by atoms with van der Waals surface area (Å²) in [5, 5.41) is 3.48. The van der Waals surface area contributed by atoms with E-state index in [1.165, 1.54) is 5.56 Å². The summed E-state index contributed by atoms with van der Waals surface area (Å²) in [5.74, 6) is 0.998. The third-order valence-electron chi connectivity index (χ3n) is 2.85. The molecule has 2 aliphatic rings. The zero-order valence-corrected chi connectivity index (χ0v) is 8.39. The van der Waals surface area contributed by atoms with Crippen molar-refractivity contribution in [2.24, 2.45) is 0 Å². The van der Waals surface area contributed by atoms with E-state index in [4.69, 9.17) is 4.74 Å². The average Bonchev–Trinajstić information content (AvgIpc) is 2.48. The molecule has 1 aromatic carbocycles. The largest absolute Gasteiger partial charge is 0.484 e. The van der Waals surface area contributed by atoms with Crippen LogP contribution >= 0.6 is 0 Å². The highest BCUT2D eigenvalue weighted by atomic mass is 16.5. The Morgan fingerprint density at radius 3 is 3.00 bits per heavy atom. The lowest BCUT2D eigenvalue weighted by Gasteiger charge is -2.22. The fourth-order valence-electron chi connectivity index (χ4n) is 2.02. The fourth-order valence-corrected chi connectivity index (χ4v) is 2.02. The van der Waals surface area contributed by atoms with E-state index >= 15 is 0 Å². The van der Waals surface area contributed by atoms with Gasteiger partial charge in [0.1, 0.15) is 11.9 Å². The van der Waals surface area contributed by atoms with Crippen molar-refractivity contribution in [1.82, 2.24) is 5.32 Å². The highest BCUT2D eigenvalue weighted by Gasteiger charge is 2.23. The van der Waals surface area contributed by atoms with Gasteiger partial charge in [-0.1, -0.05) is 36.4 Å². The predicted molar refractivity (Wildman–Crippen MR) is 59.8 cm³/mol. The molecule has 2 nitrogen and oxygen atoms in total. The van der Waals surface area contributed by atoms with Crippen molar-refractivity contribution in [3.05, 3.63) is 54.1 Å². The molecule has 0 saturated heterocycles. The maximum Gasteiger partial charge on any atom is 0.136 e. The first-order chi connectivity index (χ1) is 7.43. The van der Waals surface area contributed by atoms with Crippen LogP contribution in [0.25, 0.3) is 0 Å². The lowest BCUT2D eigenvalue weighted by atomic mass is 10.1. The van der Waals surface area contributed by atoms with Gasteiger partial charge in [0.2, 0.25) is 0 Å². The monoisotopic (exact) mass is 199 g/mol. The van der Waals surface area contributed by atoms with Crippen LogP contribution < -0.4 is 10.1 Å². The van der Waals surface area contributed by atoms with Gasteiger partial charge in [0.25, 0.3) is 0 Å². The Morgan fingerprint density at radius 2 is 2.00 bits per heavy atom. The standard InChI is InChI=1S/C13H13NO/c1-3-7-12-10(5-1)9-14-11-6-2-4-8-13(11)15-12/h1-8,11,13-14H,9H2. The van der Waals surface area contributed by atoms with Crippen molar-refractivity contribution in [2.45, 2.75) is 18.7 Å². The van der Waals surface area contributed by atoms with E-state index in [9.17, 15) is 0 Å². The van der Waals surface area contributed by atoms with Crippen molar-refractivity contribution in [1.29, 1.82) is 0 Å². The number of ether oxygens (including phenoxy) is 1. The minimum Gasteiger partial charge on any atom is -0.484 e. The molecule has 1 heterocycles. The van der Waals surface area contributed by atoms with Gasteiger partial charge in [-0.2, -0.15) is 0 Å². The highest BCUT2D eigenvalue weighted by molar-refractivity contribution is 5.36. The van der Waals surface area contributed by atoms with E-state index in [0.717, 1.165) is 12.3 Å². The number of rotatable bonds is 0. The van der Waals surface area contributed by atoms with Crippen LogP contribution in [0.15, 0.2) is 48.6 Å². The van der Waals surface area contributed by atoms with Crippen molar-refractivity contribution in [2.75, 3.05) is 0 Å². The maximum atomic E-state index is 5.96. The third-order valence-corrected chi connectivity index (χ3v) is 2.85. The molecule has 0 spiro atoms. The first kappa shape index (κ1) is 8.74. The molecule has 0 aromatic heterocycles. The molecule has 0 bridgehead atoms. The second kappa shape index (κ2) is 3.55. The Morgan fingerprint density at radius 1 is 1.13 bits per heavy atom. The van der Waals surface area contributed by atoms with Crippen molar-refractivity contribution in [3.63, 3.8) is 0 Å². The first-order valence-corrected chi connectivity index (χ1v) is 5.26. The molecule has 0 fully saturated rings. The van der Waals surface area contributed by atoms with Gasteiger partial charge in [-0.3, -0.25) is 0 Å². The van der Waals surface area contributed by atoms with Gasteiger partial charge < -0.3 is 10.1 Å². The average molecular weight is 199 g/mol. The van der Waals surface area contributed by atoms with E-state index in [1.807, 2.05) is 24.3 Å². The van der Waals surface area contributed by atoms with Crippen LogP contribution in [0.1, 0.15) is 5.56 Å². The number of para-hydroxylation sites is 1. The summed E-state index contributed by atoms with van der Waals surface area (Å²) < 4.78 is 5.96. The van der Waals surface area contributed by atoms with Crippen LogP contribution in [0.2, 0.25) is 0 Å². The Balaban J connectivity index is 1.96. The lowest BCUT2D eigenvalue weighted by Crippen LogP contribution is -2.39. The van der Waals surface area contributed by atoms with Gasteiger partial charge in [0.05, 0.1) is 6.04 Å². The van der Waals surface area contributed by atoms with E-state index in [-0.39, 0.29) is 6.10 Å². The predicted octanol–water partition coefficient (Wildman–Crippen LogP) is 2.03. The van der Waals surface area contributed by atoms with Crippen molar-refractivity contribution < 1.29 is 4.74 Å². The van der Waals surface area contributed by atoms with Gasteiger partial charge in [0.15, 0.2) is 0 Å². The lowest BCUT2D eigenvalue weighted by molar-refractivity contribution is 0.226. The van der Waals surface area contributed by atoms with Gasteiger partial charge in [0, 0.05) is 12.1 Å². The Bertz CT molecular complexity index is 422. The van der Waals surface area contributed by atoms with Gasteiger partial charge in [-0.15, -0.1) is 0 Å². The van der Waals surface area contributed by atoms with Crippen LogP contribution in [0.3, 0.4) is 0 Å². The molecule has 0 radical (unpaired) electrons. The summed E-state index contributed by atoms with van der Waals surface area (Å²) in [6, 6.07) is 8.49. The number of allylic oxidation sites excluding steroid dienone is 2. The second-order valence-electron chi connectivity index (χ2n) is 3.87.